The molecule has 0 unspecified atom stereocenters. The fraction of sp³-hybridized carbons (Fsp3) is 0.632. The maximum Gasteiger partial charge on any atom is 0.191 e. The smallest absolute Gasteiger partial charge is 0.191 e. The number of para-hydroxylation sites is 1. The highest BCUT2D eigenvalue weighted by Gasteiger charge is 2.05. The number of benzene rings is 1. The van der Waals surface area contributed by atoms with Crippen molar-refractivity contribution in [3.05, 3.63) is 29.8 Å². The monoisotopic (exact) mass is 350 g/mol. The van der Waals surface area contributed by atoms with Gasteiger partial charge in [0.25, 0.3) is 0 Å². The Kier molecular flexibility index (Phi) is 11.5. The minimum Gasteiger partial charge on any atom is -0.492 e. The van der Waals surface area contributed by atoms with Crippen molar-refractivity contribution in [2.45, 2.75) is 27.3 Å². The molecule has 1 aromatic rings. The standard InChI is InChI=1S/C19H34N4O2/c1-5-20-19(21-12-14-24-4)22-16-17-10-8-9-11-18(17)25-15-13-23(6-2)7-3/h8-11H,5-7,12-16H2,1-4H3,(H2,20,21,22). The number of likely N-dealkylation sites (N-methyl/N-ethyl adjacent to an activating group) is 1. The lowest BCUT2D eigenvalue weighted by Gasteiger charge is -2.18. The lowest BCUT2D eigenvalue weighted by molar-refractivity contribution is 0.203. The highest BCUT2D eigenvalue weighted by Crippen LogP contribution is 2.18. The summed E-state index contributed by atoms with van der Waals surface area (Å²) >= 11 is 0. The normalized spacial score (nSPS) is 11.6. The van der Waals surface area contributed by atoms with Crippen LogP contribution in [0.2, 0.25) is 0 Å². The molecule has 6 nitrogen and oxygen atoms in total. The first-order valence-electron chi connectivity index (χ1n) is 9.19. The van der Waals surface area contributed by atoms with Crippen molar-refractivity contribution in [3.63, 3.8) is 0 Å². The van der Waals surface area contributed by atoms with Crippen molar-refractivity contribution in [3.8, 4) is 5.75 Å². The van der Waals surface area contributed by atoms with Crippen LogP contribution < -0.4 is 15.4 Å². The zero-order valence-corrected chi connectivity index (χ0v) is 16.2. The largest absolute Gasteiger partial charge is 0.492 e. The molecule has 0 aliphatic carbocycles. The number of guanidine groups is 1. The van der Waals surface area contributed by atoms with Gasteiger partial charge >= 0.3 is 0 Å². The Morgan fingerprint density at radius 1 is 1.08 bits per heavy atom. The Morgan fingerprint density at radius 3 is 2.52 bits per heavy atom. The Morgan fingerprint density at radius 2 is 1.84 bits per heavy atom. The Balaban J connectivity index is 2.62. The molecule has 142 valence electrons. The maximum absolute atomic E-state index is 5.99. The third kappa shape index (κ3) is 8.74. The first-order valence-corrected chi connectivity index (χ1v) is 9.19. The molecular formula is C19H34N4O2. The quantitative estimate of drug-likeness (QED) is 0.343. The average Bonchev–Trinajstić information content (AvgIpc) is 2.64. The molecule has 6 heteroatoms. The van der Waals surface area contributed by atoms with Gasteiger partial charge in [-0.15, -0.1) is 0 Å². The van der Waals surface area contributed by atoms with E-state index in [1.54, 1.807) is 7.11 Å². The van der Waals surface area contributed by atoms with E-state index in [-0.39, 0.29) is 0 Å². The van der Waals surface area contributed by atoms with Crippen LogP contribution in [0.1, 0.15) is 26.3 Å². The van der Waals surface area contributed by atoms with Gasteiger partial charge in [-0.2, -0.15) is 0 Å². The van der Waals surface area contributed by atoms with Crippen LogP contribution in [-0.2, 0) is 11.3 Å². The number of hydrogen-bond donors (Lipinski definition) is 2. The molecule has 0 saturated carbocycles. The molecule has 2 N–H and O–H groups in total. The van der Waals surface area contributed by atoms with Gasteiger partial charge in [-0.3, -0.25) is 0 Å². The van der Waals surface area contributed by atoms with E-state index in [4.69, 9.17) is 9.47 Å². The van der Waals surface area contributed by atoms with E-state index in [2.05, 4.69) is 47.4 Å². The Labute approximate surface area is 152 Å². The summed E-state index contributed by atoms with van der Waals surface area (Å²) < 4.78 is 11.1. The summed E-state index contributed by atoms with van der Waals surface area (Å²) in [5.41, 5.74) is 1.09. The van der Waals surface area contributed by atoms with Crippen LogP contribution in [0.5, 0.6) is 5.75 Å². The molecule has 0 saturated heterocycles. The van der Waals surface area contributed by atoms with Crippen molar-refractivity contribution in [1.29, 1.82) is 0 Å². The van der Waals surface area contributed by atoms with Crippen LogP contribution in [0, 0.1) is 0 Å². The molecule has 1 rings (SSSR count). The third-order valence-corrected chi connectivity index (χ3v) is 3.88. The van der Waals surface area contributed by atoms with E-state index in [1.165, 1.54) is 0 Å². The molecule has 0 spiro atoms. The predicted molar refractivity (Wildman–Crippen MR) is 104 cm³/mol. The molecule has 1 aromatic carbocycles. The van der Waals surface area contributed by atoms with Crippen molar-refractivity contribution in [2.24, 2.45) is 4.99 Å². The second-order valence-electron chi connectivity index (χ2n) is 5.60. The zero-order chi connectivity index (χ0) is 18.3. The van der Waals surface area contributed by atoms with Gasteiger partial charge in [0.15, 0.2) is 5.96 Å². The van der Waals surface area contributed by atoms with Gasteiger partial charge in [0.1, 0.15) is 12.4 Å². The van der Waals surface area contributed by atoms with Gasteiger partial charge in [0, 0.05) is 32.3 Å². The van der Waals surface area contributed by atoms with Crippen LogP contribution in [0.3, 0.4) is 0 Å². The first kappa shape index (κ1) is 21.3. The summed E-state index contributed by atoms with van der Waals surface area (Å²) in [6.07, 6.45) is 0. The lowest BCUT2D eigenvalue weighted by atomic mass is 10.2. The van der Waals surface area contributed by atoms with E-state index in [0.717, 1.165) is 50.0 Å². The molecule has 0 aliphatic heterocycles. The van der Waals surface area contributed by atoms with Crippen molar-refractivity contribution < 1.29 is 9.47 Å². The predicted octanol–water partition coefficient (Wildman–Crippen LogP) is 2.11. The van der Waals surface area contributed by atoms with Gasteiger partial charge in [-0.05, 0) is 26.1 Å². The van der Waals surface area contributed by atoms with Gasteiger partial charge in [0.2, 0.25) is 0 Å². The summed E-state index contributed by atoms with van der Waals surface area (Å²) in [4.78, 5) is 6.99. The first-order chi connectivity index (χ1) is 12.2. The maximum atomic E-state index is 5.99. The molecule has 0 aliphatic rings. The molecule has 0 atom stereocenters. The number of methoxy groups -OCH3 is 1. The summed E-state index contributed by atoms with van der Waals surface area (Å²) in [7, 11) is 1.69. The second-order valence-corrected chi connectivity index (χ2v) is 5.60. The molecule has 0 heterocycles. The SMILES string of the molecule is CCNC(=NCc1ccccc1OCCN(CC)CC)NCCOC. The third-order valence-electron chi connectivity index (χ3n) is 3.88. The number of aliphatic imine (C=N–C) groups is 1. The lowest BCUT2D eigenvalue weighted by Crippen LogP contribution is -2.38. The van der Waals surface area contributed by atoms with Crippen LogP contribution >= 0.6 is 0 Å². The number of nitrogens with zero attached hydrogens (tertiary/aromatic N) is 2. The Bertz CT molecular complexity index is 490. The van der Waals surface area contributed by atoms with E-state index in [1.807, 2.05) is 18.2 Å². The summed E-state index contributed by atoms with van der Waals surface area (Å²) in [5.74, 6) is 1.70. The molecular weight excluding hydrogens is 316 g/mol. The highest BCUT2D eigenvalue weighted by atomic mass is 16.5. The fourth-order valence-corrected chi connectivity index (χ4v) is 2.38. The number of hydrogen-bond acceptors (Lipinski definition) is 4. The van der Waals surface area contributed by atoms with Crippen LogP contribution in [0.25, 0.3) is 0 Å². The van der Waals surface area contributed by atoms with E-state index < -0.39 is 0 Å². The van der Waals surface area contributed by atoms with Gasteiger partial charge < -0.3 is 25.0 Å². The van der Waals surface area contributed by atoms with Crippen molar-refractivity contribution in [2.75, 3.05) is 53.0 Å². The van der Waals surface area contributed by atoms with Crippen LogP contribution in [0.4, 0.5) is 0 Å². The molecule has 25 heavy (non-hydrogen) atoms. The van der Waals surface area contributed by atoms with E-state index in [0.29, 0.717) is 19.8 Å². The molecule has 0 fully saturated rings. The van der Waals surface area contributed by atoms with Gasteiger partial charge in [-0.1, -0.05) is 32.0 Å². The van der Waals surface area contributed by atoms with E-state index in [9.17, 15) is 0 Å². The fourth-order valence-electron chi connectivity index (χ4n) is 2.38. The number of nitrogens with one attached hydrogen (secondary N) is 2. The second kappa shape index (κ2) is 13.5. The summed E-state index contributed by atoms with van der Waals surface area (Å²) in [6.45, 7) is 12.9. The number of ether oxygens (including phenoxy) is 2. The van der Waals surface area contributed by atoms with Crippen molar-refractivity contribution >= 4 is 5.96 Å². The van der Waals surface area contributed by atoms with Crippen LogP contribution in [-0.4, -0.2) is 63.9 Å². The zero-order valence-electron chi connectivity index (χ0n) is 16.2. The highest BCUT2D eigenvalue weighted by molar-refractivity contribution is 5.79. The van der Waals surface area contributed by atoms with Gasteiger partial charge in [-0.25, -0.2) is 4.99 Å². The number of rotatable bonds is 12. The molecule has 0 aromatic heterocycles. The minimum atomic E-state index is 0.573. The van der Waals surface area contributed by atoms with E-state index >= 15 is 0 Å². The minimum absolute atomic E-state index is 0.573. The molecule has 0 amide bonds. The average molecular weight is 351 g/mol. The van der Waals surface area contributed by atoms with Gasteiger partial charge in [0.05, 0.1) is 13.2 Å². The Hall–Kier alpha value is -1.79. The summed E-state index contributed by atoms with van der Waals surface area (Å²) in [6, 6.07) is 8.10. The molecule has 0 radical (unpaired) electrons. The molecule has 0 bridgehead atoms. The van der Waals surface area contributed by atoms with Crippen molar-refractivity contribution in [1.82, 2.24) is 15.5 Å². The topological polar surface area (TPSA) is 58.1 Å². The van der Waals surface area contributed by atoms with Crippen LogP contribution in [0.15, 0.2) is 29.3 Å². The summed E-state index contributed by atoms with van der Waals surface area (Å²) in [5, 5.41) is 6.49.